The van der Waals surface area contributed by atoms with Gasteiger partial charge in [0.1, 0.15) is 12.4 Å². The Morgan fingerprint density at radius 2 is 1.85 bits per heavy atom. The standard InChI is InChI=1S/C20H24ClNO5/c1-13(22-11-18(23)15-4-3-5-16(21)10-15)12-27-17-8-6-14(7-9-17)19(24)20(25)26-2/h3-10,13,18-19,22-24H,11-12H2,1-2H3. The van der Waals surface area contributed by atoms with E-state index in [0.717, 1.165) is 5.56 Å². The van der Waals surface area contributed by atoms with Crippen molar-refractivity contribution in [2.24, 2.45) is 0 Å². The molecule has 0 heterocycles. The van der Waals surface area contributed by atoms with Crippen molar-refractivity contribution in [3.8, 4) is 5.75 Å². The average Bonchev–Trinajstić information content (AvgIpc) is 2.69. The fraction of sp³-hybridized carbons (Fsp3) is 0.350. The SMILES string of the molecule is COC(=O)C(O)c1ccc(OCC(C)NCC(O)c2cccc(Cl)c2)cc1. The van der Waals surface area contributed by atoms with Crippen molar-refractivity contribution in [2.45, 2.75) is 25.2 Å². The van der Waals surface area contributed by atoms with Crippen LogP contribution in [0.4, 0.5) is 0 Å². The van der Waals surface area contributed by atoms with Gasteiger partial charge in [-0.2, -0.15) is 0 Å². The van der Waals surface area contributed by atoms with Crippen molar-refractivity contribution in [2.75, 3.05) is 20.3 Å². The van der Waals surface area contributed by atoms with Gasteiger partial charge in [-0.1, -0.05) is 35.9 Å². The molecule has 0 fully saturated rings. The van der Waals surface area contributed by atoms with Crippen LogP contribution in [0.5, 0.6) is 5.75 Å². The molecule has 0 aromatic heterocycles. The number of hydrogen-bond donors (Lipinski definition) is 3. The van der Waals surface area contributed by atoms with Crippen LogP contribution in [0.2, 0.25) is 5.02 Å². The van der Waals surface area contributed by atoms with Crippen LogP contribution >= 0.6 is 11.6 Å². The highest BCUT2D eigenvalue weighted by molar-refractivity contribution is 6.30. The van der Waals surface area contributed by atoms with E-state index in [2.05, 4.69) is 10.1 Å². The minimum atomic E-state index is -1.31. The third-order valence-electron chi connectivity index (χ3n) is 4.01. The first-order valence-electron chi connectivity index (χ1n) is 8.56. The number of aliphatic hydroxyl groups excluding tert-OH is 2. The molecule has 3 atom stereocenters. The van der Waals surface area contributed by atoms with Crippen molar-refractivity contribution in [1.82, 2.24) is 5.32 Å². The molecule has 0 radical (unpaired) electrons. The first-order valence-corrected chi connectivity index (χ1v) is 8.94. The van der Waals surface area contributed by atoms with E-state index in [1.54, 1.807) is 42.5 Å². The summed E-state index contributed by atoms with van der Waals surface area (Å²) in [5, 5.41) is 23.8. The van der Waals surface area contributed by atoms with E-state index in [9.17, 15) is 15.0 Å². The number of nitrogens with one attached hydrogen (secondary N) is 1. The highest BCUT2D eigenvalue weighted by atomic mass is 35.5. The lowest BCUT2D eigenvalue weighted by Crippen LogP contribution is -2.34. The Bertz CT molecular complexity index is 737. The molecule has 2 aromatic carbocycles. The van der Waals surface area contributed by atoms with E-state index in [1.807, 2.05) is 13.0 Å². The zero-order valence-electron chi connectivity index (χ0n) is 15.3. The summed E-state index contributed by atoms with van der Waals surface area (Å²) in [5.74, 6) is -0.0976. The normalized spacial score (nSPS) is 14.3. The number of esters is 1. The molecule has 0 saturated carbocycles. The van der Waals surface area contributed by atoms with Crippen LogP contribution in [0.3, 0.4) is 0 Å². The van der Waals surface area contributed by atoms with E-state index in [-0.39, 0.29) is 6.04 Å². The smallest absolute Gasteiger partial charge is 0.339 e. The maximum Gasteiger partial charge on any atom is 0.339 e. The van der Waals surface area contributed by atoms with Crippen LogP contribution in [0, 0.1) is 0 Å². The Hall–Kier alpha value is -2.12. The van der Waals surface area contributed by atoms with Crippen LogP contribution in [0.15, 0.2) is 48.5 Å². The maximum atomic E-state index is 11.3. The van der Waals surface area contributed by atoms with E-state index in [0.29, 0.717) is 29.5 Å². The lowest BCUT2D eigenvalue weighted by molar-refractivity contribution is -0.150. The number of ether oxygens (including phenoxy) is 2. The fourth-order valence-electron chi connectivity index (χ4n) is 2.42. The predicted molar refractivity (Wildman–Crippen MR) is 103 cm³/mol. The van der Waals surface area contributed by atoms with Crippen molar-refractivity contribution < 1.29 is 24.5 Å². The summed E-state index contributed by atoms with van der Waals surface area (Å²) < 4.78 is 10.2. The van der Waals surface area contributed by atoms with Crippen molar-refractivity contribution in [1.29, 1.82) is 0 Å². The summed E-state index contributed by atoms with van der Waals surface area (Å²) in [6, 6.07) is 13.7. The summed E-state index contributed by atoms with van der Waals surface area (Å²) in [4.78, 5) is 11.3. The molecular formula is C20H24ClNO5. The van der Waals surface area contributed by atoms with Gasteiger partial charge in [-0.15, -0.1) is 0 Å². The van der Waals surface area contributed by atoms with Gasteiger partial charge in [-0.05, 0) is 42.3 Å². The molecule has 0 saturated heterocycles. The van der Waals surface area contributed by atoms with Crippen LogP contribution < -0.4 is 10.1 Å². The first-order chi connectivity index (χ1) is 12.9. The van der Waals surface area contributed by atoms with Gasteiger partial charge in [0.15, 0.2) is 6.10 Å². The van der Waals surface area contributed by atoms with Gasteiger partial charge < -0.3 is 25.0 Å². The van der Waals surface area contributed by atoms with Crippen LogP contribution in [-0.4, -0.2) is 42.5 Å². The second-order valence-corrected chi connectivity index (χ2v) is 6.62. The van der Waals surface area contributed by atoms with Gasteiger partial charge in [-0.3, -0.25) is 0 Å². The van der Waals surface area contributed by atoms with Crippen molar-refractivity contribution in [3.63, 3.8) is 0 Å². The maximum absolute atomic E-state index is 11.3. The summed E-state index contributed by atoms with van der Waals surface area (Å²) in [7, 11) is 1.22. The third-order valence-corrected chi connectivity index (χ3v) is 4.25. The van der Waals surface area contributed by atoms with Gasteiger partial charge in [0.2, 0.25) is 0 Å². The minimum absolute atomic E-state index is 0.000768. The number of methoxy groups -OCH3 is 1. The number of carbonyl (C=O) groups is 1. The molecule has 0 aliphatic heterocycles. The monoisotopic (exact) mass is 393 g/mol. The molecular weight excluding hydrogens is 370 g/mol. The van der Waals surface area contributed by atoms with Gasteiger partial charge in [0, 0.05) is 17.6 Å². The number of hydrogen-bond acceptors (Lipinski definition) is 6. The number of aliphatic hydroxyl groups is 2. The Morgan fingerprint density at radius 1 is 1.15 bits per heavy atom. The summed E-state index contributed by atoms with van der Waals surface area (Å²) in [6.45, 7) is 2.70. The minimum Gasteiger partial charge on any atom is -0.492 e. The number of carbonyl (C=O) groups excluding carboxylic acids is 1. The van der Waals surface area contributed by atoms with Crippen LogP contribution in [0.1, 0.15) is 30.3 Å². The Kier molecular flexibility index (Phi) is 8.06. The highest BCUT2D eigenvalue weighted by Gasteiger charge is 2.17. The molecule has 0 amide bonds. The molecule has 2 rings (SSSR count). The number of halogens is 1. The fourth-order valence-corrected chi connectivity index (χ4v) is 2.62. The topological polar surface area (TPSA) is 88.0 Å². The van der Waals surface area contributed by atoms with Crippen molar-refractivity contribution in [3.05, 3.63) is 64.7 Å². The second-order valence-electron chi connectivity index (χ2n) is 6.19. The van der Waals surface area contributed by atoms with E-state index in [1.165, 1.54) is 7.11 Å². The van der Waals surface area contributed by atoms with Gasteiger partial charge in [0.05, 0.1) is 13.2 Å². The average molecular weight is 394 g/mol. The molecule has 0 aliphatic rings. The van der Waals surface area contributed by atoms with Gasteiger partial charge in [0.25, 0.3) is 0 Å². The highest BCUT2D eigenvalue weighted by Crippen LogP contribution is 2.19. The summed E-state index contributed by atoms with van der Waals surface area (Å²) in [6.07, 6.45) is -1.97. The molecule has 2 aromatic rings. The molecule has 27 heavy (non-hydrogen) atoms. The lowest BCUT2D eigenvalue weighted by atomic mass is 10.1. The Morgan fingerprint density at radius 3 is 2.48 bits per heavy atom. The van der Waals surface area contributed by atoms with Gasteiger partial charge in [-0.25, -0.2) is 4.79 Å². The lowest BCUT2D eigenvalue weighted by Gasteiger charge is -2.18. The second kappa shape index (κ2) is 10.3. The van der Waals surface area contributed by atoms with E-state index < -0.39 is 18.2 Å². The Labute approximate surface area is 163 Å². The van der Waals surface area contributed by atoms with Crippen LogP contribution in [-0.2, 0) is 9.53 Å². The third kappa shape index (κ3) is 6.52. The quantitative estimate of drug-likeness (QED) is 0.568. The van der Waals surface area contributed by atoms with Crippen LogP contribution in [0.25, 0.3) is 0 Å². The largest absolute Gasteiger partial charge is 0.492 e. The zero-order valence-corrected chi connectivity index (χ0v) is 16.0. The molecule has 0 bridgehead atoms. The number of benzene rings is 2. The van der Waals surface area contributed by atoms with E-state index >= 15 is 0 Å². The Balaban J connectivity index is 1.78. The molecule has 0 spiro atoms. The molecule has 6 nitrogen and oxygen atoms in total. The first kappa shape index (κ1) is 21.2. The summed E-state index contributed by atoms with van der Waals surface area (Å²) >= 11 is 5.93. The molecule has 3 unspecified atom stereocenters. The van der Waals surface area contributed by atoms with Crippen molar-refractivity contribution >= 4 is 17.6 Å². The molecule has 146 valence electrons. The summed E-state index contributed by atoms with van der Waals surface area (Å²) in [5.41, 5.74) is 1.19. The number of rotatable bonds is 9. The van der Waals surface area contributed by atoms with E-state index in [4.69, 9.17) is 16.3 Å². The molecule has 3 N–H and O–H groups in total. The van der Waals surface area contributed by atoms with Gasteiger partial charge >= 0.3 is 5.97 Å². The molecule has 7 heteroatoms. The zero-order chi connectivity index (χ0) is 19.8. The predicted octanol–water partition coefficient (Wildman–Crippen LogP) is 2.64. The molecule has 0 aliphatic carbocycles.